The Kier molecular flexibility index (Phi) is 9.13. The van der Waals surface area contributed by atoms with Crippen LogP contribution in [0.1, 0.15) is 41.8 Å². The minimum absolute atomic E-state index is 0.0527. The number of carbonyl (C=O) groups excluding carboxylic acids is 2. The van der Waals surface area contributed by atoms with Gasteiger partial charge in [0.25, 0.3) is 0 Å². The van der Waals surface area contributed by atoms with Crippen LogP contribution in [0.5, 0.6) is 5.75 Å². The fraction of sp³-hybridized carbons (Fsp3) is 0.323. The molecule has 2 aromatic carbocycles. The zero-order valence-corrected chi connectivity index (χ0v) is 23.0. The van der Waals surface area contributed by atoms with Gasteiger partial charge in [-0.25, -0.2) is 4.79 Å². The van der Waals surface area contributed by atoms with Crippen molar-refractivity contribution in [2.24, 2.45) is 0 Å². The third-order valence-corrected chi connectivity index (χ3v) is 6.83. The van der Waals surface area contributed by atoms with E-state index in [2.05, 4.69) is 5.32 Å². The maximum absolute atomic E-state index is 12.7. The fourth-order valence-corrected chi connectivity index (χ4v) is 4.80. The number of hydrogen-bond donors (Lipinski definition) is 2. The quantitative estimate of drug-likeness (QED) is 0.270. The normalized spacial score (nSPS) is 26.2. The van der Waals surface area contributed by atoms with E-state index in [1.807, 2.05) is 6.07 Å². The highest BCUT2D eigenvalue weighted by molar-refractivity contribution is 6.06. The summed E-state index contributed by atoms with van der Waals surface area (Å²) in [5.74, 6) is -1.01. The van der Waals surface area contributed by atoms with Gasteiger partial charge in [0.2, 0.25) is 18.5 Å². The maximum atomic E-state index is 12.7. The lowest BCUT2D eigenvalue weighted by Crippen LogP contribution is -2.68. The Morgan fingerprint density at radius 3 is 2.50 bits per heavy atom. The summed E-state index contributed by atoms with van der Waals surface area (Å²) in [6.45, 7) is 2.76. The van der Waals surface area contributed by atoms with Crippen LogP contribution in [0.4, 0.5) is 0 Å². The number of benzene rings is 2. The van der Waals surface area contributed by atoms with Crippen molar-refractivity contribution in [1.82, 2.24) is 5.32 Å². The van der Waals surface area contributed by atoms with E-state index in [-0.39, 0.29) is 12.4 Å². The van der Waals surface area contributed by atoms with E-state index in [0.717, 1.165) is 0 Å². The molecular formula is C31H31NO10. The van der Waals surface area contributed by atoms with Gasteiger partial charge in [0.15, 0.2) is 17.6 Å². The number of allylic oxidation sites excluding steroid dienone is 1. The van der Waals surface area contributed by atoms with E-state index in [4.69, 9.17) is 28.1 Å². The molecule has 2 N–H and O–H groups in total. The van der Waals surface area contributed by atoms with Crippen LogP contribution in [-0.2, 0) is 28.5 Å². The van der Waals surface area contributed by atoms with E-state index in [0.29, 0.717) is 22.6 Å². The van der Waals surface area contributed by atoms with Gasteiger partial charge in [-0.3, -0.25) is 9.59 Å². The van der Waals surface area contributed by atoms with Crippen molar-refractivity contribution < 1.29 is 47.6 Å². The largest absolute Gasteiger partial charge is 0.479 e. The first-order valence-electron chi connectivity index (χ1n) is 13.4. The van der Waals surface area contributed by atoms with Gasteiger partial charge in [0.05, 0.1) is 12.9 Å². The number of nitrogens with one attached hydrogen (secondary N) is 1. The molecule has 7 unspecified atom stereocenters. The van der Waals surface area contributed by atoms with Crippen molar-refractivity contribution in [2.45, 2.75) is 56.9 Å². The molecule has 1 amide bonds. The number of ether oxygens (including phenoxy) is 5. The second-order valence-corrected chi connectivity index (χ2v) is 9.85. The SMILES string of the molecule is CC(=O)NC1C(Oc2ccccc2/C=C/C(=O)c2ccccc2)OC2COC(c3ccco3)OC2C1OC(C)C(=O)O. The maximum Gasteiger partial charge on any atom is 0.332 e. The molecule has 0 radical (unpaired) electrons. The molecule has 220 valence electrons. The van der Waals surface area contributed by atoms with E-state index in [9.17, 15) is 19.5 Å². The number of ketones is 1. The number of carbonyl (C=O) groups is 3. The number of carboxylic acid groups (broad SMARTS) is 1. The number of carboxylic acids is 1. The average Bonchev–Trinajstić information content (AvgIpc) is 3.53. The number of aliphatic carboxylic acids is 1. The van der Waals surface area contributed by atoms with Gasteiger partial charge in [-0.05, 0) is 37.3 Å². The molecule has 0 saturated carbocycles. The van der Waals surface area contributed by atoms with Gasteiger partial charge in [0, 0.05) is 18.1 Å². The molecule has 2 saturated heterocycles. The third-order valence-electron chi connectivity index (χ3n) is 6.83. The summed E-state index contributed by atoms with van der Waals surface area (Å²) in [4.78, 5) is 36.8. The molecule has 3 aromatic rings. The van der Waals surface area contributed by atoms with Crippen molar-refractivity contribution in [3.8, 4) is 5.75 Å². The third kappa shape index (κ3) is 6.77. The molecule has 0 bridgehead atoms. The van der Waals surface area contributed by atoms with Crippen LogP contribution < -0.4 is 10.1 Å². The standard InChI is InChI=1S/C31H31NO10/c1-18(29(35)36)39-28-26(32-19(2)33)31(41-25-17-38-30(42-27(25)28)24-13-8-16-37-24)40-23-12-7-6-11-21(23)14-15-22(34)20-9-4-3-5-10-20/h3-16,18,25-28,30-31H,17H2,1-2H3,(H,32,33)(H,35,36)/b15-14+. The van der Waals surface area contributed by atoms with Crippen LogP contribution in [-0.4, -0.2) is 66.1 Å². The summed E-state index contributed by atoms with van der Waals surface area (Å²) in [7, 11) is 0. The monoisotopic (exact) mass is 577 g/mol. The number of rotatable bonds is 10. The summed E-state index contributed by atoms with van der Waals surface area (Å²) >= 11 is 0. The van der Waals surface area contributed by atoms with E-state index in [1.165, 1.54) is 26.2 Å². The van der Waals surface area contributed by atoms with Crippen LogP contribution in [0.2, 0.25) is 0 Å². The minimum Gasteiger partial charge on any atom is -0.479 e. The molecule has 42 heavy (non-hydrogen) atoms. The Balaban J connectivity index is 1.43. The molecule has 1 aromatic heterocycles. The summed E-state index contributed by atoms with van der Waals surface area (Å²) in [5.41, 5.74) is 1.12. The first-order valence-corrected chi connectivity index (χ1v) is 13.4. The van der Waals surface area contributed by atoms with Gasteiger partial charge in [-0.1, -0.05) is 48.5 Å². The zero-order valence-electron chi connectivity index (χ0n) is 23.0. The Labute approximate surface area is 242 Å². The molecule has 0 spiro atoms. The first-order chi connectivity index (χ1) is 20.3. The van der Waals surface area contributed by atoms with Crippen molar-refractivity contribution in [1.29, 1.82) is 0 Å². The van der Waals surface area contributed by atoms with Crippen LogP contribution in [0, 0.1) is 0 Å². The molecule has 2 aliphatic rings. The second-order valence-electron chi connectivity index (χ2n) is 9.85. The topological polar surface area (TPSA) is 143 Å². The van der Waals surface area contributed by atoms with Crippen molar-refractivity contribution >= 4 is 23.7 Å². The molecule has 3 heterocycles. The highest BCUT2D eigenvalue weighted by Crippen LogP contribution is 2.37. The predicted octanol–water partition coefficient (Wildman–Crippen LogP) is 3.76. The van der Waals surface area contributed by atoms with Gasteiger partial charge in [0.1, 0.15) is 30.1 Å². The van der Waals surface area contributed by atoms with E-state index in [1.54, 1.807) is 66.7 Å². The smallest absolute Gasteiger partial charge is 0.332 e. The van der Waals surface area contributed by atoms with Crippen LogP contribution in [0.25, 0.3) is 6.08 Å². The van der Waals surface area contributed by atoms with Crippen LogP contribution in [0.15, 0.2) is 83.5 Å². The number of amides is 1. The number of fused-ring (bicyclic) bond motifs is 1. The number of hydrogen-bond acceptors (Lipinski definition) is 9. The lowest BCUT2D eigenvalue weighted by molar-refractivity contribution is -0.343. The predicted molar refractivity (Wildman–Crippen MR) is 147 cm³/mol. The van der Waals surface area contributed by atoms with Gasteiger partial charge < -0.3 is 38.5 Å². The molecule has 11 heteroatoms. The van der Waals surface area contributed by atoms with Gasteiger partial charge >= 0.3 is 5.97 Å². The van der Waals surface area contributed by atoms with Crippen molar-refractivity contribution in [2.75, 3.05) is 6.61 Å². The lowest BCUT2D eigenvalue weighted by Gasteiger charge is -2.49. The Hall–Kier alpha value is -4.29. The summed E-state index contributed by atoms with van der Waals surface area (Å²) in [6, 6.07) is 18.3. The van der Waals surface area contributed by atoms with Gasteiger partial charge in [-0.15, -0.1) is 0 Å². The molecule has 0 aliphatic carbocycles. The molecule has 7 atom stereocenters. The zero-order chi connectivity index (χ0) is 29.6. The highest BCUT2D eigenvalue weighted by Gasteiger charge is 2.53. The molecule has 11 nitrogen and oxygen atoms in total. The summed E-state index contributed by atoms with van der Waals surface area (Å²) < 4.78 is 36.0. The van der Waals surface area contributed by atoms with E-state index < -0.39 is 54.9 Å². The summed E-state index contributed by atoms with van der Waals surface area (Å²) in [5, 5.41) is 12.4. The van der Waals surface area contributed by atoms with E-state index >= 15 is 0 Å². The minimum atomic E-state index is -1.24. The van der Waals surface area contributed by atoms with Gasteiger partial charge in [-0.2, -0.15) is 0 Å². The van der Waals surface area contributed by atoms with Crippen LogP contribution >= 0.6 is 0 Å². The highest BCUT2D eigenvalue weighted by atomic mass is 16.8. The molecule has 2 fully saturated rings. The van der Waals surface area contributed by atoms with Crippen molar-refractivity contribution in [3.63, 3.8) is 0 Å². The number of para-hydroxylation sites is 1. The lowest BCUT2D eigenvalue weighted by atomic mass is 9.95. The molecule has 2 aliphatic heterocycles. The molecular weight excluding hydrogens is 546 g/mol. The number of furan rings is 1. The first kappa shape index (κ1) is 29.2. The average molecular weight is 578 g/mol. The van der Waals surface area contributed by atoms with Crippen LogP contribution in [0.3, 0.4) is 0 Å². The Bertz CT molecular complexity index is 1410. The summed E-state index contributed by atoms with van der Waals surface area (Å²) in [6.07, 6.45) is -1.29. The second kappa shape index (κ2) is 13.1. The molecule has 5 rings (SSSR count). The van der Waals surface area contributed by atoms with Crippen molar-refractivity contribution in [3.05, 3.63) is 96.0 Å². The Morgan fingerprint density at radius 1 is 1.02 bits per heavy atom. The Morgan fingerprint density at radius 2 is 1.79 bits per heavy atom. The fourth-order valence-electron chi connectivity index (χ4n) is 4.80.